The van der Waals surface area contributed by atoms with Crippen molar-refractivity contribution in [3.8, 4) is 0 Å². The fourth-order valence-corrected chi connectivity index (χ4v) is 1.99. The van der Waals surface area contributed by atoms with Gasteiger partial charge in [-0.05, 0) is 24.0 Å². The molecule has 0 bridgehead atoms. The van der Waals surface area contributed by atoms with Gasteiger partial charge in [-0.15, -0.1) is 0 Å². The molecule has 2 rings (SSSR count). The van der Waals surface area contributed by atoms with Gasteiger partial charge in [0.1, 0.15) is 6.10 Å². The predicted molar refractivity (Wildman–Crippen MR) is 50.5 cm³/mol. The number of benzene rings is 1. The van der Waals surface area contributed by atoms with E-state index in [0.717, 1.165) is 18.4 Å². The summed E-state index contributed by atoms with van der Waals surface area (Å²) < 4.78 is 5.28. The van der Waals surface area contributed by atoms with Gasteiger partial charge in [-0.25, -0.2) is 0 Å². The molecule has 2 heteroatoms. The van der Waals surface area contributed by atoms with E-state index in [2.05, 4.69) is 6.07 Å². The molecule has 1 aromatic rings. The van der Waals surface area contributed by atoms with Crippen LogP contribution in [-0.2, 0) is 11.2 Å². The molecule has 0 radical (unpaired) electrons. The lowest BCUT2D eigenvalue weighted by Crippen LogP contribution is -2.26. The summed E-state index contributed by atoms with van der Waals surface area (Å²) in [4.78, 5) is 0. The van der Waals surface area contributed by atoms with Gasteiger partial charge >= 0.3 is 0 Å². The highest BCUT2D eigenvalue weighted by atomic mass is 16.5. The Morgan fingerprint density at radius 2 is 2.15 bits per heavy atom. The van der Waals surface area contributed by atoms with E-state index in [1.54, 1.807) is 7.11 Å². The van der Waals surface area contributed by atoms with Crippen molar-refractivity contribution in [2.45, 2.75) is 25.0 Å². The maximum atomic E-state index is 9.69. The van der Waals surface area contributed by atoms with Gasteiger partial charge in [-0.2, -0.15) is 0 Å². The largest absolute Gasteiger partial charge is 0.390 e. The topological polar surface area (TPSA) is 29.5 Å². The van der Waals surface area contributed by atoms with Gasteiger partial charge in [0, 0.05) is 7.11 Å². The summed E-state index contributed by atoms with van der Waals surface area (Å²) in [5.41, 5.74) is 2.45. The summed E-state index contributed by atoms with van der Waals surface area (Å²) in [7, 11) is 1.65. The maximum absolute atomic E-state index is 9.69. The fourth-order valence-electron chi connectivity index (χ4n) is 1.99. The second-order valence-electron chi connectivity index (χ2n) is 3.46. The van der Waals surface area contributed by atoms with E-state index >= 15 is 0 Å². The first-order chi connectivity index (χ1) is 6.33. The van der Waals surface area contributed by atoms with E-state index in [-0.39, 0.29) is 12.2 Å². The van der Waals surface area contributed by atoms with Crippen molar-refractivity contribution in [2.24, 2.45) is 0 Å². The zero-order valence-electron chi connectivity index (χ0n) is 7.73. The highest BCUT2D eigenvalue weighted by molar-refractivity contribution is 5.32. The van der Waals surface area contributed by atoms with Crippen molar-refractivity contribution in [3.63, 3.8) is 0 Å². The van der Waals surface area contributed by atoms with Crippen LogP contribution < -0.4 is 0 Å². The molecule has 13 heavy (non-hydrogen) atoms. The minimum atomic E-state index is -0.347. The van der Waals surface area contributed by atoms with E-state index in [0.29, 0.717) is 0 Å². The monoisotopic (exact) mass is 178 g/mol. The molecule has 0 amide bonds. The Hall–Kier alpha value is -0.860. The van der Waals surface area contributed by atoms with Crippen molar-refractivity contribution in [3.05, 3.63) is 35.4 Å². The first kappa shape index (κ1) is 8.73. The second-order valence-corrected chi connectivity index (χ2v) is 3.46. The van der Waals surface area contributed by atoms with Crippen molar-refractivity contribution >= 4 is 0 Å². The maximum Gasteiger partial charge on any atom is 0.108 e. The number of aryl methyl sites for hydroxylation is 1. The number of hydrogen-bond donors (Lipinski definition) is 1. The van der Waals surface area contributed by atoms with Crippen LogP contribution in [-0.4, -0.2) is 18.3 Å². The SMILES string of the molecule is CO[C@@H]1c2ccccc2CC[C@@H]1O. The smallest absolute Gasteiger partial charge is 0.108 e. The van der Waals surface area contributed by atoms with E-state index in [1.165, 1.54) is 5.56 Å². The van der Waals surface area contributed by atoms with Gasteiger partial charge in [0.2, 0.25) is 0 Å². The van der Waals surface area contributed by atoms with E-state index < -0.39 is 0 Å². The molecule has 0 saturated heterocycles. The lowest BCUT2D eigenvalue weighted by molar-refractivity contribution is -0.0233. The van der Waals surface area contributed by atoms with Gasteiger partial charge < -0.3 is 9.84 Å². The Labute approximate surface area is 78.2 Å². The molecule has 0 spiro atoms. The fraction of sp³-hybridized carbons (Fsp3) is 0.455. The molecule has 70 valence electrons. The summed E-state index contributed by atoms with van der Waals surface area (Å²) in [6.45, 7) is 0. The van der Waals surface area contributed by atoms with E-state index in [9.17, 15) is 5.11 Å². The third kappa shape index (κ3) is 1.47. The van der Waals surface area contributed by atoms with Crippen LogP contribution >= 0.6 is 0 Å². The van der Waals surface area contributed by atoms with Crippen molar-refractivity contribution in [1.29, 1.82) is 0 Å². The van der Waals surface area contributed by atoms with Crippen molar-refractivity contribution in [1.82, 2.24) is 0 Å². The molecule has 1 N–H and O–H groups in total. The van der Waals surface area contributed by atoms with Gasteiger partial charge in [0.25, 0.3) is 0 Å². The molecule has 2 nitrogen and oxygen atoms in total. The molecule has 2 atom stereocenters. The Morgan fingerprint density at radius 1 is 1.38 bits per heavy atom. The number of aliphatic hydroxyl groups is 1. The molecular weight excluding hydrogens is 164 g/mol. The molecule has 0 aromatic heterocycles. The number of methoxy groups -OCH3 is 1. The van der Waals surface area contributed by atoms with Crippen molar-refractivity contribution in [2.75, 3.05) is 7.11 Å². The molecule has 0 fully saturated rings. The number of hydrogen-bond acceptors (Lipinski definition) is 2. The van der Waals surface area contributed by atoms with Crippen LogP contribution in [0.4, 0.5) is 0 Å². The number of aliphatic hydroxyl groups excluding tert-OH is 1. The minimum absolute atomic E-state index is 0.134. The van der Waals surface area contributed by atoms with Crippen LogP contribution in [0.3, 0.4) is 0 Å². The molecule has 0 aliphatic heterocycles. The summed E-state index contributed by atoms with van der Waals surface area (Å²) in [6.07, 6.45) is 1.28. The normalized spacial score (nSPS) is 26.9. The summed E-state index contributed by atoms with van der Waals surface area (Å²) in [6, 6.07) is 8.16. The van der Waals surface area contributed by atoms with Crippen LogP contribution in [0, 0.1) is 0 Å². The third-order valence-electron chi connectivity index (χ3n) is 2.67. The average molecular weight is 178 g/mol. The number of fused-ring (bicyclic) bond motifs is 1. The Balaban J connectivity index is 2.39. The molecule has 1 aromatic carbocycles. The second kappa shape index (κ2) is 3.48. The molecule has 1 aliphatic carbocycles. The predicted octanol–water partition coefficient (Wildman–Crippen LogP) is 1.68. The Morgan fingerprint density at radius 3 is 2.92 bits per heavy atom. The van der Waals surface area contributed by atoms with Crippen LogP contribution in [0.2, 0.25) is 0 Å². The summed E-state index contributed by atoms with van der Waals surface area (Å²) >= 11 is 0. The van der Waals surface area contributed by atoms with Crippen molar-refractivity contribution < 1.29 is 9.84 Å². The first-order valence-corrected chi connectivity index (χ1v) is 4.61. The number of ether oxygens (including phenoxy) is 1. The third-order valence-corrected chi connectivity index (χ3v) is 2.67. The zero-order valence-corrected chi connectivity index (χ0v) is 7.73. The lowest BCUT2D eigenvalue weighted by Gasteiger charge is -2.28. The Kier molecular flexibility index (Phi) is 2.34. The molecule has 0 unspecified atom stereocenters. The highest BCUT2D eigenvalue weighted by Crippen LogP contribution is 2.31. The summed E-state index contributed by atoms with van der Waals surface area (Å²) in [5.74, 6) is 0. The quantitative estimate of drug-likeness (QED) is 0.709. The minimum Gasteiger partial charge on any atom is -0.390 e. The standard InChI is InChI=1S/C11H14O2/c1-13-11-9-5-3-2-4-8(9)6-7-10(11)12/h2-5,10-12H,6-7H2,1H3/t10-,11+/m0/s1. The van der Waals surface area contributed by atoms with Crippen LogP contribution in [0.1, 0.15) is 23.7 Å². The molecule has 0 heterocycles. The van der Waals surface area contributed by atoms with Crippen LogP contribution in [0.5, 0.6) is 0 Å². The zero-order chi connectivity index (χ0) is 9.26. The van der Waals surface area contributed by atoms with Crippen LogP contribution in [0.25, 0.3) is 0 Å². The summed E-state index contributed by atoms with van der Waals surface area (Å²) in [5, 5.41) is 9.69. The average Bonchev–Trinajstić information content (AvgIpc) is 2.18. The van der Waals surface area contributed by atoms with E-state index in [4.69, 9.17) is 4.74 Å². The van der Waals surface area contributed by atoms with Gasteiger partial charge in [0.15, 0.2) is 0 Å². The lowest BCUT2D eigenvalue weighted by atomic mass is 9.87. The highest BCUT2D eigenvalue weighted by Gasteiger charge is 2.27. The first-order valence-electron chi connectivity index (χ1n) is 4.61. The Bertz CT molecular complexity index is 296. The molecular formula is C11H14O2. The van der Waals surface area contributed by atoms with Gasteiger partial charge in [-0.3, -0.25) is 0 Å². The van der Waals surface area contributed by atoms with Gasteiger partial charge in [0.05, 0.1) is 6.10 Å². The van der Waals surface area contributed by atoms with Crippen LogP contribution in [0.15, 0.2) is 24.3 Å². The van der Waals surface area contributed by atoms with Gasteiger partial charge in [-0.1, -0.05) is 24.3 Å². The molecule has 1 aliphatic rings. The van der Waals surface area contributed by atoms with E-state index in [1.807, 2.05) is 18.2 Å². The molecule has 0 saturated carbocycles. The number of rotatable bonds is 1.